The fraction of sp³-hybridized carbons (Fsp3) is 0. The van der Waals surface area contributed by atoms with E-state index in [0.717, 1.165) is 0 Å². The highest BCUT2D eigenvalue weighted by molar-refractivity contribution is 6.27. The van der Waals surface area contributed by atoms with E-state index in [2.05, 4.69) is 194 Å². The van der Waals surface area contributed by atoms with Crippen molar-refractivity contribution in [2.45, 2.75) is 0 Å². The van der Waals surface area contributed by atoms with Crippen LogP contribution in [0, 0.1) is 0 Å². The Hall–Kier alpha value is -6.76. The molecule has 0 aliphatic carbocycles. The van der Waals surface area contributed by atoms with Gasteiger partial charge in [0.2, 0.25) is 0 Å². The Balaban J connectivity index is 1.14. The number of fused-ring (bicyclic) bond motifs is 10. The number of rotatable bonds is 3. The minimum absolute atomic E-state index is 1.23. The first-order chi connectivity index (χ1) is 25.8. The van der Waals surface area contributed by atoms with Crippen molar-refractivity contribution in [2.75, 3.05) is 0 Å². The smallest absolute Gasteiger partial charge is 0.00261 e. The van der Waals surface area contributed by atoms with E-state index < -0.39 is 0 Å². The Morgan fingerprint density at radius 3 is 1.04 bits per heavy atom. The molecule has 0 aliphatic heterocycles. The minimum atomic E-state index is 1.23. The molecule has 0 amide bonds. The van der Waals surface area contributed by atoms with Crippen LogP contribution in [-0.2, 0) is 0 Å². The first-order valence-corrected chi connectivity index (χ1v) is 18.1. The molecule has 0 atom stereocenters. The third-order valence-electron chi connectivity index (χ3n) is 11.2. The van der Waals surface area contributed by atoms with Crippen molar-refractivity contribution in [1.29, 1.82) is 0 Å². The largest absolute Gasteiger partial charge is 0.0616 e. The van der Waals surface area contributed by atoms with Crippen LogP contribution in [-0.4, -0.2) is 0 Å². The van der Waals surface area contributed by atoms with E-state index in [1.165, 1.54) is 109 Å². The van der Waals surface area contributed by atoms with Crippen molar-refractivity contribution in [3.8, 4) is 33.4 Å². The van der Waals surface area contributed by atoms with Crippen LogP contribution in [0.1, 0.15) is 0 Å². The maximum atomic E-state index is 2.43. The molecule has 0 heterocycles. The molecular formula is C52H32. The molecule has 11 aromatic carbocycles. The summed E-state index contributed by atoms with van der Waals surface area (Å²) in [5.74, 6) is 0. The molecular weight excluding hydrogens is 625 g/mol. The summed E-state index contributed by atoms with van der Waals surface area (Å²) < 4.78 is 0. The van der Waals surface area contributed by atoms with Gasteiger partial charge in [-0.2, -0.15) is 0 Å². The normalized spacial score (nSPS) is 11.8. The molecule has 0 unspecified atom stereocenters. The molecule has 240 valence electrons. The van der Waals surface area contributed by atoms with Crippen molar-refractivity contribution in [3.05, 3.63) is 194 Å². The van der Waals surface area contributed by atoms with Gasteiger partial charge in [0.15, 0.2) is 0 Å². The average molecular weight is 657 g/mol. The predicted molar refractivity (Wildman–Crippen MR) is 225 cm³/mol. The molecule has 0 N–H and O–H groups in total. The van der Waals surface area contributed by atoms with Crippen molar-refractivity contribution >= 4 is 75.4 Å². The van der Waals surface area contributed by atoms with Gasteiger partial charge >= 0.3 is 0 Å². The fourth-order valence-corrected chi connectivity index (χ4v) is 8.76. The molecule has 52 heavy (non-hydrogen) atoms. The molecule has 0 radical (unpaired) electrons. The molecule has 0 saturated carbocycles. The average Bonchev–Trinajstić information content (AvgIpc) is 3.22. The second-order valence-corrected chi connectivity index (χ2v) is 14.0. The third-order valence-corrected chi connectivity index (χ3v) is 11.2. The highest BCUT2D eigenvalue weighted by atomic mass is 14.2. The van der Waals surface area contributed by atoms with Gasteiger partial charge in [0.1, 0.15) is 0 Å². The lowest BCUT2D eigenvalue weighted by molar-refractivity contribution is 1.66. The van der Waals surface area contributed by atoms with Gasteiger partial charge in [-0.1, -0.05) is 170 Å². The van der Waals surface area contributed by atoms with E-state index in [0.29, 0.717) is 0 Å². The van der Waals surface area contributed by atoms with E-state index >= 15 is 0 Å². The van der Waals surface area contributed by atoms with Crippen LogP contribution in [0.4, 0.5) is 0 Å². The molecule has 0 aromatic heterocycles. The lowest BCUT2D eigenvalue weighted by Gasteiger charge is -2.19. The summed E-state index contributed by atoms with van der Waals surface area (Å²) in [6.07, 6.45) is 0. The molecule has 11 aromatic rings. The maximum absolute atomic E-state index is 2.43. The molecule has 0 aliphatic rings. The van der Waals surface area contributed by atoms with Gasteiger partial charge in [-0.15, -0.1) is 0 Å². The van der Waals surface area contributed by atoms with Crippen molar-refractivity contribution in [2.24, 2.45) is 0 Å². The second kappa shape index (κ2) is 11.4. The van der Waals surface area contributed by atoms with Gasteiger partial charge < -0.3 is 0 Å². The first kappa shape index (κ1) is 29.0. The molecule has 0 bridgehead atoms. The molecule has 0 nitrogen and oxygen atoms in total. The van der Waals surface area contributed by atoms with Crippen LogP contribution in [0.2, 0.25) is 0 Å². The Bertz CT molecular complexity index is 3140. The zero-order valence-corrected chi connectivity index (χ0v) is 28.5. The Morgan fingerprint density at radius 1 is 0.173 bits per heavy atom. The van der Waals surface area contributed by atoms with Crippen LogP contribution in [0.15, 0.2) is 194 Å². The summed E-state index contributed by atoms with van der Waals surface area (Å²) in [5, 5.41) is 17.9. The molecule has 0 fully saturated rings. The molecule has 0 saturated heterocycles. The SMILES string of the molecule is c1ccc2cc(-c3ccc4ccc(-c5c6ccccc6c(-c6ccc7c8ccccc8c8ccccc8c7c6)c6ccccc56)cc4c3)ccc2c1. The highest BCUT2D eigenvalue weighted by Gasteiger charge is 2.18. The Kier molecular flexibility index (Phi) is 6.35. The highest BCUT2D eigenvalue weighted by Crippen LogP contribution is 2.46. The van der Waals surface area contributed by atoms with Crippen molar-refractivity contribution < 1.29 is 0 Å². The zero-order chi connectivity index (χ0) is 34.2. The molecule has 11 rings (SSSR count). The van der Waals surface area contributed by atoms with E-state index in [1.54, 1.807) is 0 Å². The number of hydrogen-bond donors (Lipinski definition) is 0. The number of hydrogen-bond acceptors (Lipinski definition) is 0. The second-order valence-electron chi connectivity index (χ2n) is 14.0. The first-order valence-electron chi connectivity index (χ1n) is 18.1. The van der Waals surface area contributed by atoms with E-state index in [9.17, 15) is 0 Å². The summed E-state index contributed by atoms with van der Waals surface area (Å²) >= 11 is 0. The van der Waals surface area contributed by atoms with E-state index in [4.69, 9.17) is 0 Å². The lowest BCUT2D eigenvalue weighted by Crippen LogP contribution is -1.91. The Labute approximate surface area is 301 Å². The monoisotopic (exact) mass is 656 g/mol. The lowest BCUT2D eigenvalue weighted by atomic mass is 9.84. The van der Waals surface area contributed by atoms with Crippen LogP contribution >= 0.6 is 0 Å². The maximum Gasteiger partial charge on any atom is -0.00261 e. The summed E-state index contributed by atoms with van der Waals surface area (Å²) in [4.78, 5) is 0. The van der Waals surface area contributed by atoms with Crippen LogP contribution in [0.3, 0.4) is 0 Å². The Morgan fingerprint density at radius 2 is 0.500 bits per heavy atom. The standard InChI is InChI=1S/C52H32/c1-2-12-35-29-36(24-21-33(35)11-1)37-25-22-34-23-26-38(31-40(34)30-37)51-46-17-7-9-19-48(46)52(49-20-10-8-18-47(49)51)39-27-28-45-43-15-4-3-13-41(43)42-14-5-6-16-44(42)50(45)32-39/h1-32H. The summed E-state index contributed by atoms with van der Waals surface area (Å²) in [7, 11) is 0. The van der Waals surface area contributed by atoms with Crippen LogP contribution in [0.5, 0.6) is 0 Å². The van der Waals surface area contributed by atoms with Crippen molar-refractivity contribution in [3.63, 3.8) is 0 Å². The summed E-state index contributed by atoms with van der Waals surface area (Å²) in [5.41, 5.74) is 7.52. The van der Waals surface area contributed by atoms with Crippen LogP contribution in [0.25, 0.3) is 109 Å². The zero-order valence-electron chi connectivity index (χ0n) is 28.5. The van der Waals surface area contributed by atoms with Gasteiger partial charge in [0, 0.05) is 0 Å². The van der Waals surface area contributed by atoms with Gasteiger partial charge in [-0.05, 0) is 133 Å². The molecule has 0 spiro atoms. The fourth-order valence-electron chi connectivity index (χ4n) is 8.76. The van der Waals surface area contributed by atoms with Gasteiger partial charge in [-0.3, -0.25) is 0 Å². The van der Waals surface area contributed by atoms with E-state index in [1.807, 2.05) is 0 Å². The third kappa shape index (κ3) is 4.41. The van der Waals surface area contributed by atoms with Gasteiger partial charge in [0.25, 0.3) is 0 Å². The molecule has 0 heteroatoms. The quantitative estimate of drug-likeness (QED) is 0.131. The predicted octanol–water partition coefficient (Wildman–Crippen LogP) is 14.8. The minimum Gasteiger partial charge on any atom is -0.0616 e. The van der Waals surface area contributed by atoms with Crippen LogP contribution < -0.4 is 0 Å². The summed E-state index contributed by atoms with van der Waals surface area (Å²) in [6.45, 7) is 0. The van der Waals surface area contributed by atoms with Crippen molar-refractivity contribution in [1.82, 2.24) is 0 Å². The van der Waals surface area contributed by atoms with Gasteiger partial charge in [-0.25, -0.2) is 0 Å². The topological polar surface area (TPSA) is 0 Å². The van der Waals surface area contributed by atoms with Gasteiger partial charge in [0.05, 0.1) is 0 Å². The summed E-state index contributed by atoms with van der Waals surface area (Å²) in [6, 6.07) is 71.9. The number of benzene rings is 11. The van der Waals surface area contributed by atoms with E-state index in [-0.39, 0.29) is 0 Å².